The zero-order chi connectivity index (χ0) is 13.9. The summed E-state index contributed by atoms with van der Waals surface area (Å²) in [5, 5.41) is 5.60. The number of ether oxygens (including phenoxy) is 1. The van der Waals surface area contributed by atoms with E-state index >= 15 is 0 Å². The summed E-state index contributed by atoms with van der Waals surface area (Å²) in [6.07, 6.45) is 2.80. The van der Waals surface area contributed by atoms with E-state index in [0.29, 0.717) is 17.5 Å². The first-order valence-electron chi connectivity index (χ1n) is 6.63. The van der Waals surface area contributed by atoms with Gasteiger partial charge in [0.25, 0.3) is 0 Å². The van der Waals surface area contributed by atoms with Crippen LogP contribution in [-0.4, -0.2) is 18.0 Å². The van der Waals surface area contributed by atoms with Gasteiger partial charge in [-0.2, -0.15) is 0 Å². The Balaban J connectivity index is 1.57. The van der Waals surface area contributed by atoms with Gasteiger partial charge >= 0.3 is 0 Å². The van der Waals surface area contributed by atoms with Gasteiger partial charge in [-0.05, 0) is 30.5 Å². The number of carbonyl (C=O) groups excluding carboxylic acids is 1. The van der Waals surface area contributed by atoms with Crippen LogP contribution >= 0.6 is 11.3 Å². The van der Waals surface area contributed by atoms with E-state index in [1.54, 1.807) is 7.11 Å². The second kappa shape index (κ2) is 5.63. The molecule has 5 heteroatoms. The largest absolute Gasteiger partial charge is 0.497 e. The van der Waals surface area contributed by atoms with Crippen LogP contribution in [-0.2, 0) is 11.2 Å². The first kappa shape index (κ1) is 13.1. The lowest BCUT2D eigenvalue weighted by atomic mass is 10.1. The number of amides is 1. The minimum Gasteiger partial charge on any atom is -0.497 e. The van der Waals surface area contributed by atoms with Crippen LogP contribution in [0.3, 0.4) is 0 Å². The second-order valence-corrected chi connectivity index (χ2v) is 5.78. The van der Waals surface area contributed by atoms with Gasteiger partial charge in [0.1, 0.15) is 5.75 Å². The number of methoxy groups -OCH3 is 1. The van der Waals surface area contributed by atoms with E-state index in [2.05, 4.69) is 10.3 Å². The van der Waals surface area contributed by atoms with Crippen molar-refractivity contribution in [1.82, 2.24) is 4.98 Å². The molecule has 0 aliphatic heterocycles. The Morgan fingerprint density at radius 1 is 1.40 bits per heavy atom. The van der Waals surface area contributed by atoms with Crippen molar-refractivity contribution < 1.29 is 9.53 Å². The molecule has 1 heterocycles. The molecule has 1 aliphatic rings. The Labute approximate surface area is 121 Å². The van der Waals surface area contributed by atoms with Crippen molar-refractivity contribution in [1.29, 1.82) is 0 Å². The number of anilines is 1. The summed E-state index contributed by atoms with van der Waals surface area (Å²) in [5.41, 5.74) is 2.08. The number of nitrogens with one attached hydrogen (secondary N) is 1. The van der Waals surface area contributed by atoms with Gasteiger partial charge in [0.15, 0.2) is 5.13 Å². The molecule has 0 radical (unpaired) electrons. The minimum absolute atomic E-state index is 0.0353. The van der Waals surface area contributed by atoms with Crippen molar-refractivity contribution in [2.75, 3.05) is 12.4 Å². The molecule has 4 nitrogen and oxygen atoms in total. The average Bonchev–Trinajstić information content (AvgIpc) is 3.20. The molecule has 0 atom stereocenters. The predicted molar refractivity (Wildman–Crippen MR) is 79.4 cm³/mol. The molecule has 3 rings (SSSR count). The number of carbonyl (C=O) groups is 1. The standard InChI is InChI=1S/C15H16N2O2S/c1-19-12-6-2-10(3-7-12)8-14(18)17-15-16-13(9-20-15)11-4-5-11/h2-3,6-7,9,11H,4-5,8H2,1H3,(H,16,17,18). The van der Waals surface area contributed by atoms with Crippen LogP contribution in [0.1, 0.15) is 30.0 Å². The topological polar surface area (TPSA) is 51.2 Å². The van der Waals surface area contributed by atoms with Gasteiger partial charge < -0.3 is 10.1 Å². The van der Waals surface area contributed by atoms with Crippen molar-refractivity contribution in [2.45, 2.75) is 25.2 Å². The summed E-state index contributed by atoms with van der Waals surface area (Å²) in [7, 11) is 1.63. The van der Waals surface area contributed by atoms with Crippen molar-refractivity contribution in [3.8, 4) is 5.75 Å². The summed E-state index contributed by atoms with van der Waals surface area (Å²) in [5.74, 6) is 1.38. The number of benzene rings is 1. The van der Waals surface area contributed by atoms with E-state index in [0.717, 1.165) is 17.0 Å². The number of thiazole rings is 1. The fourth-order valence-corrected chi connectivity index (χ4v) is 2.81. The molecular weight excluding hydrogens is 272 g/mol. The van der Waals surface area contributed by atoms with Gasteiger partial charge in [0.2, 0.25) is 5.91 Å². The molecular formula is C15H16N2O2S. The third-order valence-electron chi connectivity index (χ3n) is 3.29. The van der Waals surface area contributed by atoms with E-state index in [9.17, 15) is 4.79 Å². The predicted octanol–water partition coefficient (Wildman–Crippen LogP) is 3.21. The first-order valence-corrected chi connectivity index (χ1v) is 7.51. The normalized spacial score (nSPS) is 14.1. The van der Waals surface area contributed by atoms with Crippen LogP contribution in [0.25, 0.3) is 0 Å². The highest BCUT2D eigenvalue weighted by Gasteiger charge is 2.26. The summed E-state index contributed by atoms with van der Waals surface area (Å²) < 4.78 is 5.09. The molecule has 0 spiro atoms. The second-order valence-electron chi connectivity index (χ2n) is 4.92. The maximum Gasteiger partial charge on any atom is 0.230 e. The maximum absolute atomic E-state index is 12.0. The van der Waals surface area contributed by atoms with E-state index in [4.69, 9.17) is 4.74 Å². The number of hydrogen-bond acceptors (Lipinski definition) is 4. The lowest BCUT2D eigenvalue weighted by Crippen LogP contribution is -2.14. The summed E-state index contributed by atoms with van der Waals surface area (Å²) in [4.78, 5) is 16.4. The minimum atomic E-state index is -0.0353. The molecule has 0 bridgehead atoms. The molecule has 1 aromatic carbocycles. The fourth-order valence-electron chi connectivity index (χ4n) is 2.00. The SMILES string of the molecule is COc1ccc(CC(=O)Nc2nc(C3CC3)cs2)cc1. The first-order chi connectivity index (χ1) is 9.74. The molecule has 1 aromatic heterocycles. The molecule has 1 aliphatic carbocycles. The summed E-state index contributed by atoms with van der Waals surface area (Å²) in [6.45, 7) is 0. The highest BCUT2D eigenvalue weighted by Crippen LogP contribution is 2.40. The Kier molecular flexibility index (Phi) is 3.69. The summed E-state index contributed by atoms with van der Waals surface area (Å²) >= 11 is 1.50. The summed E-state index contributed by atoms with van der Waals surface area (Å²) in [6, 6.07) is 7.51. The lowest BCUT2D eigenvalue weighted by Gasteiger charge is -2.03. The van der Waals surface area contributed by atoms with E-state index in [1.165, 1.54) is 24.2 Å². The number of rotatable bonds is 5. The Hall–Kier alpha value is -1.88. The van der Waals surface area contributed by atoms with Crippen molar-refractivity contribution in [2.24, 2.45) is 0 Å². The monoisotopic (exact) mass is 288 g/mol. The maximum atomic E-state index is 12.0. The van der Waals surface area contributed by atoms with E-state index in [-0.39, 0.29) is 5.91 Å². The quantitative estimate of drug-likeness (QED) is 0.919. The lowest BCUT2D eigenvalue weighted by molar-refractivity contribution is -0.115. The van der Waals surface area contributed by atoms with E-state index in [1.807, 2.05) is 29.6 Å². The number of nitrogens with zero attached hydrogens (tertiary/aromatic N) is 1. The average molecular weight is 288 g/mol. The van der Waals surface area contributed by atoms with Crippen LogP contribution in [0.4, 0.5) is 5.13 Å². The molecule has 1 fully saturated rings. The van der Waals surface area contributed by atoms with Crippen LogP contribution < -0.4 is 10.1 Å². The van der Waals surface area contributed by atoms with Crippen LogP contribution in [0.5, 0.6) is 5.75 Å². The molecule has 20 heavy (non-hydrogen) atoms. The molecule has 2 aromatic rings. The molecule has 1 amide bonds. The van der Waals surface area contributed by atoms with Crippen molar-refractivity contribution >= 4 is 22.4 Å². The Morgan fingerprint density at radius 3 is 2.80 bits per heavy atom. The smallest absolute Gasteiger partial charge is 0.230 e. The molecule has 1 N–H and O–H groups in total. The van der Waals surface area contributed by atoms with Crippen LogP contribution in [0.2, 0.25) is 0 Å². The van der Waals surface area contributed by atoms with Crippen molar-refractivity contribution in [3.05, 3.63) is 40.9 Å². The van der Waals surface area contributed by atoms with Gasteiger partial charge in [0.05, 0.1) is 19.2 Å². The molecule has 0 unspecified atom stereocenters. The Bertz CT molecular complexity index is 603. The Morgan fingerprint density at radius 2 is 2.15 bits per heavy atom. The van der Waals surface area contributed by atoms with Gasteiger partial charge in [0, 0.05) is 11.3 Å². The zero-order valence-electron chi connectivity index (χ0n) is 11.3. The van der Waals surface area contributed by atoms with Crippen LogP contribution in [0.15, 0.2) is 29.6 Å². The highest BCUT2D eigenvalue weighted by molar-refractivity contribution is 7.13. The van der Waals surface area contributed by atoms with E-state index < -0.39 is 0 Å². The van der Waals surface area contributed by atoms with Crippen LogP contribution in [0, 0.1) is 0 Å². The number of aromatic nitrogens is 1. The van der Waals surface area contributed by atoms with Crippen molar-refractivity contribution in [3.63, 3.8) is 0 Å². The fraction of sp³-hybridized carbons (Fsp3) is 0.333. The van der Waals surface area contributed by atoms with Gasteiger partial charge in [-0.25, -0.2) is 4.98 Å². The molecule has 0 saturated heterocycles. The third kappa shape index (κ3) is 3.17. The third-order valence-corrected chi connectivity index (χ3v) is 4.06. The zero-order valence-corrected chi connectivity index (χ0v) is 12.1. The molecule has 104 valence electrons. The van der Waals surface area contributed by atoms with Gasteiger partial charge in [-0.3, -0.25) is 4.79 Å². The highest BCUT2D eigenvalue weighted by atomic mass is 32.1. The molecule has 1 saturated carbocycles. The van der Waals surface area contributed by atoms with Gasteiger partial charge in [-0.1, -0.05) is 12.1 Å². The van der Waals surface area contributed by atoms with Gasteiger partial charge in [-0.15, -0.1) is 11.3 Å². The number of hydrogen-bond donors (Lipinski definition) is 1.